The molecule has 21 heavy (non-hydrogen) atoms. The molecule has 0 amide bonds. The van der Waals surface area contributed by atoms with E-state index in [4.69, 9.17) is 17.4 Å². The number of piperazine rings is 1. The van der Waals surface area contributed by atoms with Crippen LogP contribution in [-0.2, 0) is 4.74 Å². The molecule has 3 nitrogen and oxygen atoms in total. The van der Waals surface area contributed by atoms with E-state index in [0.717, 1.165) is 19.1 Å². The molecule has 1 heterocycles. The maximum Gasteiger partial charge on any atom is 0.0598 e. The summed E-state index contributed by atoms with van der Waals surface area (Å²) in [5, 5.41) is 0.341. The highest BCUT2D eigenvalue weighted by Gasteiger charge is 2.32. The average Bonchev–Trinajstić information content (AvgIpc) is 2.37. The van der Waals surface area contributed by atoms with Crippen molar-refractivity contribution in [3.63, 3.8) is 0 Å². The second-order valence-electron chi connectivity index (χ2n) is 8.13. The van der Waals surface area contributed by atoms with Crippen molar-refractivity contribution in [3.8, 4) is 0 Å². The maximum atomic E-state index is 6.20. The summed E-state index contributed by atoms with van der Waals surface area (Å²) in [7, 11) is 2.20. The first kappa shape index (κ1) is 17.6. The summed E-state index contributed by atoms with van der Waals surface area (Å²) in [5.74, 6) is 0.787. The van der Waals surface area contributed by atoms with Crippen molar-refractivity contribution < 1.29 is 4.74 Å². The van der Waals surface area contributed by atoms with Gasteiger partial charge < -0.3 is 9.64 Å². The van der Waals surface area contributed by atoms with Crippen molar-refractivity contribution >= 4 is 12.6 Å². The fraction of sp³-hybridized carbons (Fsp3) is 1.00. The van der Waals surface area contributed by atoms with Gasteiger partial charge in [-0.2, -0.15) is 12.6 Å². The van der Waals surface area contributed by atoms with Gasteiger partial charge >= 0.3 is 0 Å². The van der Waals surface area contributed by atoms with Crippen molar-refractivity contribution in [3.05, 3.63) is 0 Å². The van der Waals surface area contributed by atoms with Crippen LogP contribution in [0.4, 0.5) is 0 Å². The maximum absolute atomic E-state index is 6.20. The van der Waals surface area contributed by atoms with Gasteiger partial charge in [0.1, 0.15) is 0 Å². The molecular formula is C17H34N2OS. The molecule has 0 spiro atoms. The Labute approximate surface area is 136 Å². The number of nitrogens with zero attached hydrogens (tertiary/aromatic N) is 2. The third-order valence-electron chi connectivity index (χ3n) is 4.94. The molecule has 0 aromatic heterocycles. The normalized spacial score (nSPS) is 33.0. The molecule has 0 N–H and O–H groups in total. The van der Waals surface area contributed by atoms with Gasteiger partial charge in [0, 0.05) is 38.0 Å². The smallest absolute Gasteiger partial charge is 0.0598 e. The van der Waals surface area contributed by atoms with E-state index in [1.807, 2.05) is 0 Å². The van der Waals surface area contributed by atoms with E-state index in [0.29, 0.717) is 16.8 Å². The van der Waals surface area contributed by atoms with E-state index in [1.165, 1.54) is 45.4 Å². The first-order chi connectivity index (χ1) is 9.84. The SMILES string of the molecule is C[C@@H]1C[C@H](OC[C@@H](S)CN2CCN(C)CC2)CC(C)(C)C1. The molecule has 0 aromatic carbocycles. The lowest BCUT2D eigenvalue weighted by atomic mass is 9.71. The second kappa shape index (κ2) is 7.67. The minimum Gasteiger partial charge on any atom is -0.377 e. The number of hydrogen-bond donors (Lipinski definition) is 1. The Morgan fingerprint density at radius 2 is 1.86 bits per heavy atom. The largest absolute Gasteiger partial charge is 0.377 e. The Bertz CT molecular complexity index is 316. The van der Waals surface area contributed by atoms with Gasteiger partial charge in [-0.05, 0) is 37.6 Å². The highest BCUT2D eigenvalue weighted by atomic mass is 32.1. The molecule has 0 aromatic rings. The van der Waals surface area contributed by atoms with Gasteiger partial charge in [-0.3, -0.25) is 4.90 Å². The molecule has 1 aliphatic heterocycles. The van der Waals surface area contributed by atoms with Crippen molar-refractivity contribution in [1.29, 1.82) is 0 Å². The summed E-state index contributed by atoms with van der Waals surface area (Å²) in [4.78, 5) is 4.92. The topological polar surface area (TPSA) is 15.7 Å². The minimum absolute atomic E-state index is 0.341. The number of ether oxygens (including phenoxy) is 1. The van der Waals surface area contributed by atoms with Crippen LogP contribution in [0, 0.1) is 11.3 Å². The molecule has 1 saturated heterocycles. The molecule has 0 unspecified atom stereocenters. The van der Waals surface area contributed by atoms with Crippen LogP contribution < -0.4 is 0 Å². The van der Waals surface area contributed by atoms with Gasteiger partial charge in [0.25, 0.3) is 0 Å². The quantitative estimate of drug-likeness (QED) is 0.786. The van der Waals surface area contributed by atoms with E-state index < -0.39 is 0 Å². The Hall–Kier alpha value is 0.230. The lowest BCUT2D eigenvalue weighted by Crippen LogP contribution is -2.47. The lowest BCUT2D eigenvalue weighted by molar-refractivity contribution is -0.0242. The molecule has 1 aliphatic carbocycles. The second-order valence-corrected chi connectivity index (χ2v) is 8.86. The summed E-state index contributed by atoms with van der Waals surface area (Å²) < 4.78 is 6.20. The molecule has 2 aliphatic rings. The molecule has 2 fully saturated rings. The Balaban J connectivity index is 1.67. The van der Waals surface area contributed by atoms with Crippen LogP contribution in [0.5, 0.6) is 0 Å². The van der Waals surface area contributed by atoms with Gasteiger partial charge in [-0.15, -0.1) is 0 Å². The monoisotopic (exact) mass is 314 g/mol. The van der Waals surface area contributed by atoms with Crippen LogP contribution in [0.3, 0.4) is 0 Å². The molecule has 124 valence electrons. The average molecular weight is 315 g/mol. The highest BCUT2D eigenvalue weighted by Crippen LogP contribution is 2.39. The molecular weight excluding hydrogens is 280 g/mol. The van der Waals surface area contributed by atoms with Gasteiger partial charge in [0.2, 0.25) is 0 Å². The number of rotatable bonds is 5. The first-order valence-corrected chi connectivity index (χ1v) is 9.06. The zero-order valence-electron chi connectivity index (χ0n) is 14.3. The van der Waals surface area contributed by atoms with E-state index in [2.05, 4.69) is 37.6 Å². The van der Waals surface area contributed by atoms with E-state index in [1.54, 1.807) is 0 Å². The van der Waals surface area contributed by atoms with Crippen LogP contribution in [0.15, 0.2) is 0 Å². The van der Waals surface area contributed by atoms with Crippen molar-refractivity contribution in [1.82, 2.24) is 9.80 Å². The van der Waals surface area contributed by atoms with Crippen LogP contribution in [-0.4, -0.2) is 67.5 Å². The lowest BCUT2D eigenvalue weighted by Gasteiger charge is -2.39. The van der Waals surface area contributed by atoms with Crippen LogP contribution >= 0.6 is 12.6 Å². The molecule has 0 radical (unpaired) electrons. The number of thiol groups is 1. The third-order valence-corrected chi connectivity index (χ3v) is 5.25. The fourth-order valence-corrected chi connectivity index (χ4v) is 4.33. The van der Waals surface area contributed by atoms with Gasteiger partial charge in [0.05, 0.1) is 12.7 Å². The molecule has 4 heteroatoms. The summed E-state index contributed by atoms with van der Waals surface area (Å²) >= 11 is 4.75. The molecule has 1 saturated carbocycles. The van der Waals surface area contributed by atoms with Gasteiger partial charge in [0.15, 0.2) is 0 Å². The summed E-state index contributed by atoms with van der Waals surface area (Å²) in [6.07, 6.45) is 4.19. The summed E-state index contributed by atoms with van der Waals surface area (Å²) in [6.45, 7) is 13.7. The van der Waals surface area contributed by atoms with Crippen molar-refractivity contribution in [2.45, 2.75) is 51.4 Å². The highest BCUT2D eigenvalue weighted by molar-refractivity contribution is 7.81. The molecule has 0 bridgehead atoms. The predicted molar refractivity (Wildman–Crippen MR) is 93.2 cm³/mol. The molecule has 2 rings (SSSR count). The Kier molecular flexibility index (Phi) is 6.42. The standard InChI is InChI=1S/C17H34N2OS/c1-14-9-15(11-17(2,3)10-14)20-13-16(21)12-19-7-5-18(4)6-8-19/h14-16,21H,5-13H2,1-4H3/t14-,15+,16+/m1/s1. The van der Waals surface area contributed by atoms with Crippen molar-refractivity contribution in [2.75, 3.05) is 46.4 Å². The Morgan fingerprint density at radius 1 is 1.19 bits per heavy atom. The summed E-state index contributed by atoms with van der Waals surface area (Å²) in [6, 6.07) is 0. The third kappa shape index (κ3) is 6.09. The zero-order chi connectivity index (χ0) is 15.5. The Morgan fingerprint density at radius 3 is 2.48 bits per heavy atom. The fourth-order valence-electron chi connectivity index (χ4n) is 4.01. The van der Waals surface area contributed by atoms with Gasteiger partial charge in [-0.1, -0.05) is 20.8 Å². The number of likely N-dealkylation sites (N-methyl/N-ethyl adjacent to an activating group) is 1. The summed E-state index contributed by atoms with van der Waals surface area (Å²) in [5.41, 5.74) is 0.436. The van der Waals surface area contributed by atoms with E-state index in [-0.39, 0.29) is 0 Å². The predicted octanol–water partition coefficient (Wildman–Crippen LogP) is 2.76. The van der Waals surface area contributed by atoms with Crippen LogP contribution in [0.1, 0.15) is 40.0 Å². The van der Waals surface area contributed by atoms with Crippen LogP contribution in [0.2, 0.25) is 0 Å². The van der Waals surface area contributed by atoms with Crippen LogP contribution in [0.25, 0.3) is 0 Å². The zero-order valence-corrected chi connectivity index (χ0v) is 15.2. The minimum atomic E-state index is 0.341. The van der Waals surface area contributed by atoms with Gasteiger partial charge in [-0.25, -0.2) is 0 Å². The van der Waals surface area contributed by atoms with E-state index >= 15 is 0 Å². The number of hydrogen-bond acceptors (Lipinski definition) is 4. The van der Waals surface area contributed by atoms with Crippen molar-refractivity contribution in [2.24, 2.45) is 11.3 Å². The van der Waals surface area contributed by atoms with E-state index in [9.17, 15) is 0 Å². The molecule has 3 atom stereocenters. The first-order valence-electron chi connectivity index (χ1n) is 8.54.